The van der Waals surface area contributed by atoms with E-state index in [0.717, 1.165) is 32.8 Å². The molecule has 4 nitrogen and oxygen atoms in total. The summed E-state index contributed by atoms with van der Waals surface area (Å²) in [6.07, 6.45) is 3.81. The van der Waals surface area contributed by atoms with Gasteiger partial charge in [0.1, 0.15) is 6.04 Å². The normalized spacial score (nSPS) is 17.9. The Morgan fingerprint density at radius 3 is 2.61 bits per heavy atom. The minimum Gasteiger partial charge on any atom is -0.351 e. The summed E-state index contributed by atoms with van der Waals surface area (Å²) in [5.74, 6) is 0. The number of hydrogen-bond donors (Lipinski definition) is 1. The van der Waals surface area contributed by atoms with Gasteiger partial charge in [0.25, 0.3) is 0 Å². The van der Waals surface area contributed by atoms with Gasteiger partial charge < -0.3 is 14.8 Å². The van der Waals surface area contributed by atoms with E-state index in [2.05, 4.69) is 60.8 Å². The number of aromatic nitrogens is 2. The largest absolute Gasteiger partial charge is 0.351 e. The van der Waals surface area contributed by atoms with Crippen LogP contribution in [0.4, 0.5) is 5.69 Å². The van der Waals surface area contributed by atoms with E-state index in [-0.39, 0.29) is 12.1 Å². The highest BCUT2D eigenvalue weighted by molar-refractivity contribution is 9.10. The Balaban J connectivity index is 1.69. The predicted octanol–water partition coefficient (Wildman–Crippen LogP) is 7.43. The second-order valence-electron chi connectivity index (χ2n) is 7.83. The Bertz CT molecular complexity index is 1340. The second kappa shape index (κ2) is 9.11. The molecule has 5 rings (SSSR count). The Kier molecular flexibility index (Phi) is 6.18. The molecular weight excluding hydrogens is 539 g/mol. The van der Waals surface area contributed by atoms with Crippen LogP contribution >= 0.6 is 51.3 Å². The van der Waals surface area contributed by atoms with Gasteiger partial charge in [-0.25, -0.2) is 0 Å². The van der Waals surface area contributed by atoms with Crippen molar-refractivity contribution >= 4 is 62.1 Å². The monoisotopic (exact) mass is 556 g/mol. The van der Waals surface area contributed by atoms with Gasteiger partial charge in [-0.1, -0.05) is 45.2 Å². The third kappa shape index (κ3) is 4.17. The van der Waals surface area contributed by atoms with Crippen LogP contribution < -0.4 is 10.2 Å². The molecule has 8 heteroatoms. The van der Waals surface area contributed by atoms with E-state index < -0.39 is 0 Å². The van der Waals surface area contributed by atoms with Gasteiger partial charge in [0.2, 0.25) is 0 Å². The molecule has 1 aliphatic rings. The summed E-state index contributed by atoms with van der Waals surface area (Å²) >= 11 is 22.2. The average molecular weight is 558 g/mol. The lowest BCUT2D eigenvalue weighted by atomic mass is 10.0. The Labute approximate surface area is 216 Å². The Morgan fingerprint density at radius 2 is 1.88 bits per heavy atom. The molecular formula is C25H19BrCl2N4S. The number of rotatable bonds is 4. The molecule has 0 saturated carbocycles. The molecule has 0 aliphatic carbocycles. The SMILES string of the molecule is Cc1cc(N2C(=S)NC(c3ccccn3)C2c2cccn2-c2ccc(Cl)cc2Cl)ccc1Br. The van der Waals surface area contributed by atoms with Gasteiger partial charge in [0, 0.05) is 33.3 Å². The Morgan fingerprint density at radius 1 is 1.03 bits per heavy atom. The van der Waals surface area contributed by atoms with Crippen molar-refractivity contribution in [1.82, 2.24) is 14.9 Å². The van der Waals surface area contributed by atoms with Crippen LogP contribution in [-0.4, -0.2) is 14.7 Å². The topological polar surface area (TPSA) is 33.1 Å². The fourth-order valence-corrected chi connectivity index (χ4v) is 5.34. The smallest absolute Gasteiger partial charge is 0.174 e. The maximum absolute atomic E-state index is 6.60. The first-order valence-electron chi connectivity index (χ1n) is 10.3. The lowest BCUT2D eigenvalue weighted by molar-refractivity contribution is 0.549. The van der Waals surface area contributed by atoms with Gasteiger partial charge >= 0.3 is 0 Å². The summed E-state index contributed by atoms with van der Waals surface area (Å²) in [5.41, 5.74) is 4.93. The zero-order chi connectivity index (χ0) is 23.1. The number of anilines is 1. The summed E-state index contributed by atoms with van der Waals surface area (Å²) in [5, 5.41) is 5.33. The molecule has 33 heavy (non-hydrogen) atoms. The second-order valence-corrected chi connectivity index (χ2v) is 9.91. The molecule has 2 aromatic heterocycles. The highest BCUT2D eigenvalue weighted by atomic mass is 79.9. The molecule has 1 N–H and O–H groups in total. The van der Waals surface area contributed by atoms with E-state index in [0.29, 0.717) is 15.2 Å². The molecule has 4 aromatic rings. The molecule has 3 heterocycles. The minimum absolute atomic E-state index is 0.151. The minimum atomic E-state index is -0.158. The van der Waals surface area contributed by atoms with Crippen LogP contribution in [-0.2, 0) is 0 Å². The first-order valence-corrected chi connectivity index (χ1v) is 12.3. The van der Waals surface area contributed by atoms with Crippen molar-refractivity contribution in [2.24, 2.45) is 0 Å². The molecule has 0 bridgehead atoms. The van der Waals surface area contributed by atoms with Crippen molar-refractivity contribution in [3.8, 4) is 5.69 Å². The molecule has 0 radical (unpaired) electrons. The van der Waals surface area contributed by atoms with Gasteiger partial charge in [-0.15, -0.1) is 0 Å². The van der Waals surface area contributed by atoms with Crippen molar-refractivity contribution in [3.63, 3.8) is 0 Å². The van der Waals surface area contributed by atoms with Crippen LogP contribution in [0.2, 0.25) is 10.0 Å². The highest BCUT2D eigenvalue weighted by Gasteiger charge is 2.42. The van der Waals surface area contributed by atoms with E-state index in [1.54, 1.807) is 12.3 Å². The van der Waals surface area contributed by atoms with Crippen molar-refractivity contribution in [1.29, 1.82) is 0 Å². The van der Waals surface area contributed by atoms with Crippen molar-refractivity contribution in [2.45, 2.75) is 19.0 Å². The lowest BCUT2D eigenvalue weighted by Crippen LogP contribution is -2.30. The van der Waals surface area contributed by atoms with E-state index in [1.165, 1.54) is 0 Å². The van der Waals surface area contributed by atoms with Crippen LogP contribution in [0, 0.1) is 6.92 Å². The quantitative estimate of drug-likeness (QED) is 0.264. The number of hydrogen-bond acceptors (Lipinski definition) is 2. The first-order chi connectivity index (χ1) is 15.9. The van der Waals surface area contributed by atoms with Crippen molar-refractivity contribution < 1.29 is 0 Å². The number of pyridine rings is 1. The third-order valence-electron chi connectivity index (χ3n) is 5.77. The molecule has 0 amide bonds. The molecule has 1 saturated heterocycles. The van der Waals surface area contributed by atoms with E-state index in [4.69, 9.17) is 35.4 Å². The lowest BCUT2D eigenvalue weighted by Gasteiger charge is -2.29. The van der Waals surface area contributed by atoms with Gasteiger partial charge in [0.15, 0.2) is 5.11 Å². The zero-order valence-corrected chi connectivity index (χ0v) is 21.5. The molecule has 2 atom stereocenters. The predicted molar refractivity (Wildman–Crippen MR) is 143 cm³/mol. The van der Waals surface area contributed by atoms with E-state index in [1.807, 2.05) is 48.7 Å². The molecule has 1 fully saturated rings. The molecule has 1 aliphatic heterocycles. The van der Waals surface area contributed by atoms with Gasteiger partial charge in [-0.2, -0.15) is 0 Å². The number of benzene rings is 2. The van der Waals surface area contributed by atoms with Crippen LogP contribution in [0.5, 0.6) is 0 Å². The highest BCUT2D eigenvalue weighted by Crippen LogP contribution is 2.43. The molecule has 166 valence electrons. The number of aryl methyl sites for hydroxylation is 1. The summed E-state index contributed by atoms with van der Waals surface area (Å²) in [7, 11) is 0. The Hall–Kier alpha value is -2.38. The zero-order valence-electron chi connectivity index (χ0n) is 17.5. The van der Waals surface area contributed by atoms with E-state index in [9.17, 15) is 0 Å². The number of nitrogens with zero attached hydrogens (tertiary/aromatic N) is 3. The average Bonchev–Trinajstić information content (AvgIpc) is 3.40. The number of thiocarbonyl (C=S) groups is 1. The van der Waals surface area contributed by atoms with Crippen LogP contribution in [0.1, 0.15) is 29.0 Å². The molecule has 2 unspecified atom stereocenters. The first kappa shape index (κ1) is 22.4. The fourth-order valence-electron chi connectivity index (χ4n) is 4.24. The van der Waals surface area contributed by atoms with Crippen LogP contribution in [0.15, 0.2) is 83.6 Å². The van der Waals surface area contributed by atoms with Crippen molar-refractivity contribution in [3.05, 3.63) is 111 Å². The number of halogens is 3. The summed E-state index contributed by atoms with van der Waals surface area (Å²) in [6.45, 7) is 2.07. The van der Waals surface area contributed by atoms with Crippen LogP contribution in [0.25, 0.3) is 5.69 Å². The summed E-state index contributed by atoms with van der Waals surface area (Å²) in [4.78, 5) is 6.79. The van der Waals surface area contributed by atoms with E-state index >= 15 is 0 Å². The number of nitrogens with one attached hydrogen (secondary N) is 1. The van der Waals surface area contributed by atoms with Gasteiger partial charge in [0.05, 0.1) is 22.4 Å². The standard InChI is InChI=1S/C25H19BrCl2N4S/c1-15-13-17(8-9-18(15)26)32-24(23(30-25(32)33)20-5-2-3-11-29-20)22-6-4-12-31(22)21-10-7-16(27)14-19(21)28/h2-14,23-24H,1H3,(H,30,33). The fraction of sp³-hybridized carbons (Fsp3) is 0.120. The summed E-state index contributed by atoms with van der Waals surface area (Å²) in [6, 6.07) is 21.5. The molecule has 0 spiro atoms. The summed E-state index contributed by atoms with van der Waals surface area (Å²) < 4.78 is 3.15. The van der Waals surface area contributed by atoms with Crippen LogP contribution in [0.3, 0.4) is 0 Å². The third-order valence-corrected chi connectivity index (χ3v) is 7.51. The van der Waals surface area contributed by atoms with Gasteiger partial charge in [-0.3, -0.25) is 4.98 Å². The van der Waals surface area contributed by atoms with Crippen molar-refractivity contribution in [2.75, 3.05) is 4.90 Å². The molecule has 2 aromatic carbocycles. The maximum Gasteiger partial charge on any atom is 0.174 e. The maximum atomic E-state index is 6.60. The van der Waals surface area contributed by atoms with Gasteiger partial charge in [-0.05, 0) is 85.4 Å².